The molecule has 0 saturated heterocycles. The van der Waals surface area contributed by atoms with Crippen LogP contribution in [0.4, 0.5) is 5.69 Å². The monoisotopic (exact) mass is 362 g/mol. The van der Waals surface area contributed by atoms with Crippen molar-refractivity contribution in [3.8, 4) is 5.75 Å². The highest BCUT2D eigenvalue weighted by atomic mass is 35.5. The molecule has 0 radical (unpaired) electrons. The molecule has 2 aromatic rings. The summed E-state index contributed by atoms with van der Waals surface area (Å²) in [6, 6.07) is 7.67. The summed E-state index contributed by atoms with van der Waals surface area (Å²) in [7, 11) is -2.32. The summed E-state index contributed by atoms with van der Waals surface area (Å²) < 4.78 is 32.3. The Kier molecular flexibility index (Phi) is 4.72. The van der Waals surface area contributed by atoms with E-state index in [2.05, 4.69) is 4.72 Å². The van der Waals surface area contributed by atoms with Gasteiger partial charge in [0.15, 0.2) is 0 Å². The highest BCUT2D eigenvalue weighted by molar-refractivity contribution is 7.94. The minimum Gasteiger partial charge on any atom is -0.495 e. The maximum Gasteiger partial charge on any atom is 0.271 e. The van der Waals surface area contributed by atoms with E-state index in [1.807, 2.05) is 0 Å². The Morgan fingerprint density at radius 2 is 2.10 bits per heavy atom. The molecule has 9 heteroatoms. The Hall–Kier alpha value is -1.35. The molecule has 21 heavy (non-hydrogen) atoms. The van der Waals surface area contributed by atoms with Crippen molar-refractivity contribution in [3.05, 3.63) is 40.2 Å². The number of benzene rings is 1. The highest BCUT2D eigenvalue weighted by Crippen LogP contribution is 2.31. The Bertz CT molecular complexity index is 787. The number of anilines is 1. The first kappa shape index (κ1) is 16.0. The van der Waals surface area contributed by atoms with Crippen LogP contribution in [0.5, 0.6) is 5.75 Å². The second-order valence-electron chi connectivity index (χ2n) is 3.93. The molecule has 2 rings (SSSR count). The van der Waals surface area contributed by atoms with Crippen molar-refractivity contribution < 1.29 is 13.2 Å². The van der Waals surface area contributed by atoms with Crippen LogP contribution in [0, 0.1) is 0 Å². The third-order valence-corrected chi connectivity index (χ3v) is 6.05. The highest BCUT2D eigenvalue weighted by Gasteiger charge is 2.19. The molecule has 0 saturated carbocycles. The van der Waals surface area contributed by atoms with E-state index in [0.29, 0.717) is 15.6 Å². The van der Waals surface area contributed by atoms with Gasteiger partial charge in [-0.3, -0.25) is 4.72 Å². The van der Waals surface area contributed by atoms with Gasteiger partial charge in [0.25, 0.3) is 10.0 Å². The van der Waals surface area contributed by atoms with E-state index < -0.39 is 10.0 Å². The Morgan fingerprint density at radius 3 is 2.67 bits per heavy atom. The zero-order valence-electron chi connectivity index (χ0n) is 10.8. The number of hydrogen-bond donors (Lipinski definition) is 2. The first-order chi connectivity index (χ1) is 9.83. The number of sulfonamides is 1. The lowest BCUT2D eigenvalue weighted by molar-refractivity contribution is 0.417. The molecule has 0 spiro atoms. The third kappa shape index (κ3) is 3.65. The molecule has 112 valence electrons. The summed E-state index contributed by atoms with van der Waals surface area (Å²) in [6.45, 7) is 0. The number of methoxy groups -OCH3 is 1. The predicted octanol–water partition coefficient (Wildman–Crippen LogP) is 2.85. The van der Waals surface area contributed by atoms with Gasteiger partial charge >= 0.3 is 0 Å². The van der Waals surface area contributed by atoms with Crippen molar-refractivity contribution >= 4 is 55.9 Å². The lowest BCUT2D eigenvalue weighted by Gasteiger charge is -2.11. The van der Waals surface area contributed by atoms with Crippen molar-refractivity contribution in [3.63, 3.8) is 0 Å². The van der Waals surface area contributed by atoms with Gasteiger partial charge in [-0.2, -0.15) is 0 Å². The molecule has 0 atom stereocenters. The fourth-order valence-electron chi connectivity index (χ4n) is 1.55. The van der Waals surface area contributed by atoms with Crippen LogP contribution < -0.4 is 15.2 Å². The molecule has 0 aliphatic heterocycles. The minimum atomic E-state index is -3.76. The molecule has 1 heterocycles. The van der Waals surface area contributed by atoms with Gasteiger partial charge in [0.1, 0.15) is 14.9 Å². The van der Waals surface area contributed by atoms with Gasteiger partial charge in [-0.05, 0) is 30.3 Å². The van der Waals surface area contributed by atoms with E-state index in [9.17, 15) is 8.42 Å². The summed E-state index contributed by atoms with van der Waals surface area (Å²) in [5, 5.41) is 0.392. The first-order valence-corrected chi connectivity index (χ1v) is 8.68. The molecule has 0 bridgehead atoms. The Labute approximate surface area is 136 Å². The van der Waals surface area contributed by atoms with Gasteiger partial charge in [0.05, 0.1) is 17.7 Å². The Morgan fingerprint density at radius 1 is 1.38 bits per heavy atom. The molecule has 1 aromatic carbocycles. The quantitative estimate of drug-likeness (QED) is 0.799. The van der Waals surface area contributed by atoms with E-state index in [0.717, 1.165) is 11.3 Å². The number of nitrogens with two attached hydrogens (primary N) is 1. The molecule has 0 fully saturated rings. The smallest absolute Gasteiger partial charge is 0.271 e. The predicted molar refractivity (Wildman–Crippen MR) is 89.0 cm³/mol. The second kappa shape index (κ2) is 6.18. The summed E-state index contributed by atoms with van der Waals surface area (Å²) in [4.78, 5) is 0.685. The van der Waals surface area contributed by atoms with Crippen LogP contribution in [0.2, 0.25) is 5.02 Å². The largest absolute Gasteiger partial charge is 0.495 e. The van der Waals surface area contributed by atoms with E-state index in [-0.39, 0.29) is 14.9 Å². The fourth-order valence-corrected chi connectivity index (χ4v) is 4.14. The number of thiophene rings is 1. The minimum absolute atomic E-state index is 0.104. The van der Waals surface area contributed by atoms with E-state index in [4.69, 9.17) is 34.3 Å². The van der Waals surface area contributed by atoms with Crippen LogP contribution in [-0.4, -0.2) is 20.5 Å². The average Bonchev–Trinajstić information content (AvgIpc) is 2.89. The molecular formula is C12H11ClN2O3S3. The van der Waals surface area contributed by atoms with Gasteiger partial charge in [-0.25, -0.2) is 8.42 Å². The summed E-state index contributed by atoms with van der Waals surface area (Å²) in [6.07, 6.45) is 0. The van der Waals surface area contributed by atoms with Crippen molar-refractivity contribution in [1.82, 2.24) is 0 Å². The van der Waals surface area contributed by atoms with Crippen molar-refractivity contribution in [2.75, 3.05) is 11.8 Å². The van der Waals surface area contributed by atoms with Crippen LogP contribution >= 0.6 is 35.2 Å². The SMILES string of the molecule is COc1ccc(Cl)cc1NS(=O)(=O)c1ccc(C(N)=S)s1. The first-order valence-electron chi connectivity index (χ1n) is 5.59. The summed E-state index contributed by atoms with van der Waals surface area (Å²) >= 11 is 11.7. The Balaban J connectivity index is 2.37. The van der Waals surface area contributed by atoms with E-state index >= 15 is 0 Å². The zero-order chi connectivity index (χ0) is 15.6. The maximum absolute atomic E-state index is 12.3. The van der Waals surface area contributed by atoms with Crippen LogP contribution in [0.25, 0.3) is 0 Å². The lowest BCUT2D eigenvalue weighted by atomic mass is 10.3. The average molecular weight is 363 g/mol. The van der Waals surface area contributed by atoms with Crippen molar-refractivity contribution in [2.24, 2.45) is 5.73 Å². The van der Waals surface area contributed by atoms with Crippen molar-refractivity contribution in [1.29, 1.82) is 0 Å². The van der Waals surface area contributed by atoms with Gasteiger partial charge in [0.2, 0.25) is 0 Å². The van der Waals surface area contributed by atoms with Crippen molar-refractivity contribution in [2.45, 2.75) is 4.21 Å². The van der Waals surface area contributed by atoms with Gasteiger partial charge < -0.3 is 10.5 Å². The van der Waals surface area contributed by atoms with Gasteiger partial charge in [-0.1, -0.05) is 23.8 Å². The van der Waals surface area contributed by atoms with Crippen LogP contribution in [0.1, 0.15) is 4.88 Å². The molecular weight excluding hydrogens is 352 g/mol. The summed E-state index contributed by atoms with van der Waals surface area (Å²) in [5.41, 5.74) is 5.74. The number of nitrogens with one attached hydrogen (secondary N) is 1. The normalized spacial score (nSPS) is 11.1. The number of hydrogen-bond acceptors (Lipinski definition) is 5. The number of ether oxygens (including phenoxy) is 1. The molecule has 3 N–H and O–H groups in total. The zero-order valence-corrected chi connectivity index (χ0v) is 14.0. The number of thiocarbonyl (C=S) groups is 1. The van der Waals surface area contributed by atoms with Crippen LogP contribution in [-0.2, 0) is 10.0 Å². The third-order valence-electron chi connectivity index (χ3n) is 2.49. The molecule has 0 unspecified atom stereocenters. The van der Waals surface area contributed by atoms with Crippen LogP contribution in [0.3, 0.4) is 0 Å². The van der Waals surface area contributed by atoms with Gasteiger partial charge in [-0.15, -0.1) is 11.3 Å². The number of halogens is 1. The molecule has 0 aliphatic rings. The molecule has 0 amide bonds. The number of rotatable bonds is 5. The second-order valence-corrected chi connectivity index (χ2v) is 7.80. The standard InChI is InChI=1S/C12H11ClN2O3S3/c1-18-9-3-2-7(13)6-8(9)15-21(16,17)11-5-4-10(20-11)12(14)19/h2-6,15H,1H3,(H2,14,19). The lowest BCUT2D eigenvalue weighted by Crippen LogP contribution is -2.12. The van der Waals surface area contributed by atoms with Gasteiger partial charge in [0, 0.05) is 5.02 Å². The maximum atomic E-state index is 12.3. The topological polar surface area (TPSA) is 81.4 Å². The molecule has 5 nitrogen and oxygen atoms in total. The van der Waals surface area contributed by atoms with E-state index in [1.165, 1.54) is 19.2 Å². The fraction of sp³-hybridized carbons (Fsp3) is 0.0833. The van der Waals surface area contributed by atoms with E-state index in [1.54, 1.807) is 18.2 Å². The molecule has 1 aromatic heterocycles. The van der Waals surface area contributed by atoms with Crippen LogP contribution in [0.15, 0.2) is 34.5 Å². The molecule has 0 aliphatic carbocycles. The summed E-state index contributed by atoms with van der Waals surface area (Å²) in [5.74, 6) is 0.370.